The van der Waals surface area contributed by atoms with E-state index in [2.05, 4.69) is 21.8 Å². The van der Waals surface area contributed by atoms with Gasteiger partial charge in [-0.3, -0.25) is 4.79 Å². The SMILES string of the molecule is CC1CC1CN(C)c1cc(=O)[nH]c(C2CC2)n1. The molecule has 1 aromatic heterocycles. The molecule has 0 aromatic carbocycles. The summed E-state index contributed by atoms with van der Waals surface area (Å²) in [6.45, 7) is 3.29. The van der Waals surface area contributed by atoms with E-state index in [1.165, 1.54) is 6.42 Å². The first-order chi connectivity index (χ1) is 8.13. The lowest BCUT2D eigenvalue weighted by Crippen LogP contribution is -2.24. The second-order valence-corrected chi connectivity index (χ2v) is 5.62. The number of nitrogens with zero attached hydrogens (tertiary/aromatic N) is 2. The zero-order valence-corrected chi connectivity index (χ0v) is 10.4. The Hall–Kier alpha value is -1.32. The van der Waals surface area contributed by atoms with Gasteiger partial charge in [0, 0.05) is 25.6 Å². The van der Waals surface area contributed by atoms with Crippen molar-refractivity contribution in [2.75, 3.05) is 18.5 Å². The van der Waals surface area contributed by atoms with Crippen molar-refractivity contribution in [1.29, 1.82) is 0 Å². The molecule has 1 N–H and O–H groups in total. The molecule has 2 aliphatic carbocycles. The standard InChI is InChI=1S/C13H19N3O/c1-8-5-10(8)7-16(2)11-6-12(17)15-13(14-11)9-3-4-9/h6,8-10H,3-5,7H2,1-2H3,(H,14,15,17). The van der Waals surface area contributed by atoms with Crippen molar-refractivity contribution in [2.45, 2.75) is 32.1 Å². The minimum atomic E-state index is -0.0207. The first kappa shape index (κ1) is 10.8. The van der Waals surface area contributed by atoms with Crippen LogP contribution in [0.2, 0.25) is 0 Å². The molecule has 4 nitrogen and oxygen atoms in total. The van der Waals surface area contributed by atoms with Crippen LogP contribution in [0.5, 0.6) is 0 Å². The maximum Gasteiger partial charge on any atom is 0.252 e. The molecule has 2 aliphatic rings. The summed E-state index contributed by atoms with van der Waals surface area (Å²) in [4.78, 5) is 21.1. The van der Waals surface area contributed by atoms with Crippen LogP contribution in [0.15, 0.2) is 10.9 Å². The molecule has 4 heteroatoms. The van der Waals surface area contributed by atoms with Crippen molar-refractivity contribution in [3.8, 4) is 0 Å². The van der Waals surface area contributed by atoms with E-state index in [0.717, 1.165) is 42.9 Å². The monoisotopic (exact) mass is 233 g/mol. The Morgan fingerprint density at radius 3 is 2.82 bits per heavy atom. The lowest BCUT2D eigenvalue weighted by Gasteiger charge is -2.18. The van der Waals surface area contributed by atoms with E-state index in [0.29, 0.717) is 5.92 Å². The molecule has 17 heavy (non-hydrogen) atoms. The number of aromatic nitrogens is 2. The van der Waals surface area contributed by atoms with Crippen molar-refractivity contribution in [1.82, 2.24) is 9.97 Å². The van der Waals surface area contributed by atoms with E-state index in [-0.39, 0.29) is 5.56 Å². The summed E-state index contributed by atoms with van der Waals surface area (Å²) < 4.78 is 0. The largest absolute Gasteiger partial charge is 0.359 e. The number of aromatic amines is 1. The smallest absolute Gasteiger partial charge is 0.252 e. The van der Waals surface area contributed by atoms with Gasteiger partial charge in [0.15, 0.2) is 0 Å². The molecule has 0 aliphatic heterocycles. The second kappa shape index (κ2) is 3.86. The molecule has 2 fully saturated rings. The van der Waals surface area contributed by atoms with Gasteiger partial charge in [0.25, 0.3) is 5.56 Å². The van der Waals surface area contributed by atoms with Gasteiger partial charge in [-0.05, 0) is 31.1 Å². The van der Waals surface area contributed by atoms with Gasteiger partial charge in [0.1, 0.15) is 11.6 Å². The minimum absolute atomic E-state index is 0.0207. The van der Waals surface area contributed by atoms with Gasteiger partial charge < -0.3 is 9.88 Å². The van der Waals surface area contributed by atoms with Gasteiger partial charge in [-0.1, -0.05) is 6.92 Å². The van der Waals surface area contributed by atoms with Gasteiger partial charge in [-0.15, -0.1) is 0 Å². The van der Waals surface area contributed by atoms with Crippen molar-refractivity contribution in [2.24, 2.45) is 11.8 Å². The predicted octanol–water partition coefficient (Wildman–Crippen LogP) is 1.74. The number of anilines is 1. The van der Waals surface area contributed by atoms with Crippen molar-refractivity contribution in [3.05, 3.63) is 22.2 Å². The van der Waals surface area contributed by atoms with Crippen molar-refractivity contribution in [3.63, 3.8) is 0 Å². The highest BCUT2D eigenvalue weighted by molar-refractivity contribution is 5.37. The van der Waals surface area contributed by atoms with E-state index in [1.54, 1.807) is 6.07 Å². The van der Waals surface area contributed by atoms with Gasteiger partial charge in [-0.25, -0.2) is 4.98 Å². The fourth-order valence-corrected chi connectivity index (χ4v) is 2.31. The number of hydrogen-bond donors (Lipinski definition) is 1. The molecule has 0 saturated heterocycles. The predicted molar refractivity (Wildman–Crippen MR) is 67.4 cm³/mol. The molecule has 2 unspecified atom stereocenters. The Labute approximate surface area is 101 Å². The van der Waals surface area contributed by atoms with E-state index in [1.807, 2.05) is 7.05 Å². The van der Waals surface area contributed by atoms with E-state index < -0.39 is 0 Å². The van der Waals surface area contributed by atoms with Gasteiger partial charge in [-0.2, -0.15) is 0 Å². The van der Waals surface area contributed by atoms with Crippen LogP contribution in [-0.4, -0.2) is 23.6 Å². The van der Waals surface area contributed by atoms with Crippen LogP contribution in [0.4, 0.5) is 5.82 Å². The van der Waals surface area contributed by atoms with Gasteiger partial charge >= 0.3 is 0 Å². The molecule has 0 bridgehead atoms. The molecule has 1 heterocycles. The van der Waals surface area contributed by atoms with Crippen molar-refractivity contribution < 1.29 is 0 Å². The zero-order chi connectivity index (χ0) is 12.0. The summed E-state index contributed by atoms with van der Waals surface area (Å²) in [6, 6.07) is 1.61. The highest BCUT2D eigenvalue weighted by Gasteiger charge is 2.34. The summed E-state index contributed by atoms with van der Waals surface area (Å²) in [7, 11) is 2.03. The van der Waals surface area contributed by atoms with Crippen LogP contribution in [0.3, 0.4) is 0 Å². The fourth-order valence-electron chi connectivity index (χ4n) is 2.31. The fraction of sp³-hybridized carbons (Fsp3) is 0.692. The molecule has 2 saturated carbocycles. The molecular weight excluding hydrogens is 214 g/mol. The highest BCUT2D eigenvalue weighted by atomic mass is 16.1. The molecule has 92 valence electrons. The minimum Gasteiger partial charge on any atom is -0.359 e. The third kappa shape index (κ3) is 2.35. The molecular formula is C13H19N3O. The Morgan fingerprint density at radius 2 is 2.24 bits per heavy atom. The van der Waals surface area contributed by atoms with E-state index in [9.17, 15) is 4.79 Å². The average molecular weight is 233 g/mol. The lowest BCUT2D eigenvalue weighted by molar-refractivity contribution is 0.714. The summed E-state index contributed by atoms with van der Waals surface area (Å²) in [5.41, 5.74) is -0.0207. The number of rotatable bonds is 4. The summed E-state index contributed by atoms with van der Waals surface area (Å²) >= 11 is 0. The van der Waals surface area contributed by atoms with Crippen LogP contribution in [0.1, 0.15) is 37.9 Å². The summed E-state index contributed by atoms with van der Waals surface area (Å²) in [6.07, 6.45) is 3.63. The Balaban J connectivity index is 1.78. The summed E-state index contributed by atoms with van der Waals surface area (Å²) in [5, 5.41) is 0. The number of nitrogens with one attached hydrogen (secondary N) is 1. The molecule has 0 radical (unpaired) electrons. The normalized spacial score (nSPS) is 26.9. The van der Waals surface area contributed by atoms with E-state index >= 15 is 0 Å². The lowest BCUT2D eigenvalue weighted by atomic mass is 10.3. The van der Waals surface area contributed by atoms with Gasteiger partial charge in [0.05, 0.1) is 0 Å². The average Bonchev–Trinajstić information content (AvgIpc) is 3.15. The van der Waals surface area contributed by atoms with E-state index in [4.69, 9.17) is 0 Å². The first-order valence-electron chi connectivity index (χ1n) is 6.46. The summed E-state index contributed by atoms with van der Waals surface area (Å²) in [5.74, 6) is 3.82. The quantitative estimate of drug-likeness (QED) is 0.861. The Morgan fingerprint density at radius 1 is 1.53 bits per heavy atom. The number of hydrogen-bond acceptors (Lipinski definition) is 3. The maximum absolute atomic E-state index is 11.6. The number of H-pyrrole nitrogens is 1. The highest BCUT2D eigenvalue weighted by Crippen LogP contribution is 2.39. The van der Waals surface area contributed by atoms with Crippen LogP contribution < -0.4 is 10.5 Å². The van der Waals surface area contributed by atoms with Crippen LogP contribution >= 0.6 is 0 Å². The second-order valence-electron chi connectivity index (χ2n) is 5.62. The van der Waals surface area contributed by atoms with Crippen LogP contribution in [0, 0.1) is 11.8 Å². The van der Waals surface area contributed by atoms with Crippen LogP contribution in [-0.2, 0) is 0 Å². The molecule has 3 rings (SSSR count). The van der Waals surface area contributed by atoms with Crippen LogP contribution in [0.25, 0.3) is 0 Å². The molecule has 1 aromatic rings. The Bertz CT molecular complexity index is 478. The third-order valence-electron chi connectivity index (χ3n) is 3.89. The van der Waals surface area contributed by atoms with Gasteiger partial charge in [0.2, 0.25) is 0 Å². The van der Waals surface area contributed by atoms with Crippen molar-refractivity contribution >= 4 is 5.82 Å². The molecule has 0 spiro atoms. The molecule has 0 amide bonds. The molecule has 2 atom stereocenters. The zero-order valence-electron chi connectivity index (χ0n) is 10.4. The topological polar surface area (TPSA) is 49.0 Å². The Kier molecular flexibility index (Phi) is 2.45. The maximum atomic E-state index is 11.6. The third-order valence-corrected chi connectivity index (χ3v) is 3.89. The first-order valence-corrected chi connectivity index (χ1v) is 6.46.